The molecule has 0 saturated heterocycles. The van der Waals surface area contributed by atoms with E-state index in [1.165, 1.54) is 6.07 Å². The summed E-state index contributed by atoms with van der Waals surface area (Å²) in [5.41, 5.74) is 0.111. The van der Waals surface area contributed by atoms with Gasteiger partial charge in [-0.3, -0.25) is 4.79 Å². The average Bonchev–Trinajstić information content (AvgIpc) is 2.30. The predicted octanol–water partition coefficient (Wildman–Crippen LogP) is 3.33. The summed E-state index contributed by atoms with van der Waals surface area (Å²) in [6.45, 7) is 1.77. The fourth-order valence-electron chi connectivity index (χ4n) is 1.46. The first kappa shape index (κ1) is 16.8. The molecule has 0 spiro atoms. The van der Waals surface area contributed by atoms with Crippen LogP contribution in [-0.4, -0.2) is 24.0 Å². The Balaban J connectivity index is 2.87. The van der Waals surface area contributed by atoms with Crippen molar-refractivity contribution in [2.45, 2.75) is 25.8 Å². The second-order valence-corrected chi connectivity index (χ2v) is 4.61. The van der Waals surface area contributed by atoms with Crippen molar-refractivity contribution in [2.24, 2.45) is 0 Å². The molecule has 0 heterocycles. The zero-order valence-corrected chi connectivity index (χ0v) is 12.0. The van der Waals surface area contributed by atoms with Gasteiger partial charge in [-0.15, -0.1) is 13.2 Å². The van der Waals surface area contributed by atoms with Crippen LogP contribution in [0.1, 0.15) is 25.0 Å². The van der Waals surface area contributed by atoms with E-state index in [1.54, 1.807) is 6.92 Å². The van der Waals surface area contributed by atoms with Crippen LogP contribution in [0, 0.1) is 0 Å². The second-order valence-electron chi connectivity index (χ2n) is 3.76. The standard InChI is InChI=1S/C12H12BrF3O4/c1-2-19-11(18)6-10(17)8-5-7(3-4-9(8)13)20-12(14,15)16/h3-5,10,17H,2,6H2,1H3. The number of hydrogen-bond acceptors (Lipinski definition) is 4. The minimum Gasteiger partial charge on any atom is -0.466 e. The Labute approximate surface area is 121 Å². The van der Waals surface area contributed by atoms with E-state index in [1.807, 2.05) is 0 Å². The molecule has 1 N–H and O–H groups in total. The Morgan fingerprint density at radius 1 is 1.45 bits per heavy atom. The number of hydrogen-bond donors (Lipinski definition) is 1. The number of halogens is 4. The number of aliphatic hydroxyl groups excluding tert-OH is 1. The highest BCUT2D eigenvalue weighted by Crippen LogP contribution is 2.32. The molecular formula is C12H12BrF3O4. The van der Waals surface area contributed by atoms with Gasteiger partial charge >= 0.3 is 12.3 Å². The summed E-state index contributed by atoms with van der Waals surface area (Å²) < 4.78 is 45.1. The maximum atomic E-state index is 12.1. The Bertz CT molecular complexity index is 476. The van der Waals surface area contributed by atoms with Crippen LogP contribution in [0.2, 0.25) is 0 Å². The van der Waals surface area contributed by atoms with E-state index in [9.17, 15) is 23.1 Å². The molecule has 0 fully saturated rings. The van der Waals surface area contributed by atoms with Crippen molar-refractivity contribution in [1.29, 1.82) is 0 Å². The average molecular weight is 357 g/mol. The van der Waals surface area contributed by atoms with Crippen LogP contribution in [0.3, 0.4) is 0 Å². The van der Waals surface area contributed by atoms with Gasteiger partial charge in [0.1, 0.15) is 5.75 Å². The van der Waals surface area contributed by atoms with Gasteiger partial charge in [0.25, 0.3) is 0 Å². The van der Waals surface area contributed by atoms with Gasteiger partial charge in [0.15, 0.2) is 0 Å². The number of benzene rings is 1. The molecule has 0 bridgehead atoms. The molecule has 0 radical (unpaired) electrons. The topological polar surface area (TPSA) is 55.8 Å². The molecule has 0 aliphatic rings. The van der Waals surface area contributed by atoms with Crippen LogP contribution < -0.4 is 4.74 Å². The van der Waals surface area contributed by atoms with Crippen LogP contribution in [0.15, 0.2) is 22.7 Å². The van der Waals surface area contributed by atoms with Gasteiger partial charge in [-0.25, -0.2) is 0 Å². The first-order valence-corrected chi connectivity index (χ1v) is 6.41. The van der Waals surface area contributed by atoms with Gasteiger partial charge in [-0.05, 0) is 30.7 Å². The molecule has 8 heteroatoms. The first-order chi connectivity index (χ1) is 9.23. The maximum absolute atomic E-state index is 12.1. The van der Waals surface area contributed by atoms with E-state index >= 15 is 0 Å². The number of carbonyl (C=O) groups is 1. The van der Waals surface area contributed by atoms with E-state index in [0.29, 0.717) is 4.47 Å². The molecule has 4 nitrogen and oxygen atoms in total. The molecule has 0 saturated carbocycles. The molecule has 0 aromatic heterocycles. The summed E-state index contributed by atoms with van der Waals surface area (Å²) in [7, 11) is 0. The van der Waals surface area contributed by atoms with E-state index in [-0.39, 0.29) is 18.6 Å². The third-order valence-corrected chi connectivity index (χ3v) is 2.95. The molecule has 1 unspecified atom stereocenters. The summed E-state index contributed by atoms with van der Waals surface area (Å²) in [4.78, 5) is 11.2. The number of rotatable bonds is 5. The third kappa shape index (κ3) is 5.38. The van der Waals surface area contributed by atoms with Crippen molar-refractivity contribution in [2.75, 3.05) is 6.61 Å². The molecule has 0 aliphatic heterocycles. The van der Waals surface area contributed by atoms with E-state index in [0.717, 1.165) is 12.1 Å². The molecule has 0 aliphatic carbocycles. The van der Waals surface area contributed by atoms with E-state index < -0.39 is 24.2 Å². The van der Waals surface area contributed by atoms with Gasteiger partial charge in [0.05, 0.1) is 19.1 Å². The van der Waals surface area contributed by atoms with Crippen LogP contribution in [0.25, 0.3) is 0 Å². The Hall–Kier alpha value is -1.28. The van der Waals surface area contributed by atoms with Crippen LogP contribution in [-0.2, 0) is 9.53 Å². The van der Waals surface area contributed by atoms with E-state index in [2.05, 4.69) is 25.4 Å². The number of ether oxygens (including phenoxy) is 2. The molecule has 1 atom stereocenters. The highest BCUT2D eigenvalue weighted by molar-refractivity contribution is 9.10. The van der Waals surface area contributed by atoms with Crippen molar-refractivity contribution in [3.8, 4) is 5.75 Å². The predicted molar refractivity (Wildman–Crippen MR) is 67.0 cm³/mol. The van der Waals surface area contributed by atoms with Gasteiger partial charge in [-0.1, -0.05) is 15.9 Å². The Morgan fingerprint density at radius 2 is 2.10 bits per heavy atom. The number of esters is 1. The van der Waals surface area contributed by atoms with Gasteiger partial charge in [-0.2, -0.15) is 0 Å². The molecule has 20 heavy (non-hydrogen) atoms. The minimum atomic E-state index is -4.82. The number of alkyl halides is 3. The lowest BCUT2D eigenvalue weighted by Gasteiger charge is -2.15. The van der Waals surface area contributed by atoms with Gasteiger partial charge in [0.2, 0.25) is 0 Å². The monoisotopic (exact) mass is 356 g/mol. The normalized spacial score (nSPS) is 12.9. The van der Waals surface area contributed by atoms with Crippen molar-refractivity contribution < 1.29 is 32.5 Å². The minimum absolute atomic E-state index is 0.111. The highest BCUT2D eigenvalue weighted by atomic mass is 79.9. The van der Waals surface area contributed by atoms with Crippen molar-refractivity contribution in [3.05, 3.63) is 28.2 Å². The molecule has 1 aromatic carbocycles. The summed E-state index contributed by atoms with van der Waals surface area (Å²) in [6.07, 6.45) is -6.47. The lowest BCUT2D eigenvalue weighted by atomic mass is 10.1. The third-order valence-electron chi connectivity index (χ3n) is 2.23. The fraction of sp³-hybridized carbons (Fsp3) is 0.417. The Morgan fingerprint density at radius 3 is 2.65 bits per heavy atom. The first-order valence-electron chi connectivity index (χ1n) is 5.61. The lowest BCUT2D eigenvalue weighted by molar-refractivity contribution is -0.274. The van der Waals surface area contributed by atoms with Crippen molar-refractivity contribution in [1.82, 2.24) is 0 Å². The van der Waals surface area contributed by atoms with Gasteiger partial charge < -0.3 is 14.6 Å². The van der Waals surface area contributed by atoms with E-state index in [4.69, 9.17) is 0 Å². The summed E-state index contributed by atoms with van der Waals surface area (Å²) >= 11 is 3.09. The summed E-state index contributed by atoms with van der Waals surface area (Å²) in [5.74, 6) is -1.12. The van der Waals surface area contributed by atoms with Crippen LogP contribution in [0.5, 0.6) is 5.75 Å². The second kappa shape index (κ2) is 6.94. The quantitative estimate of drug-likeness (QED) is 0.822. The SMILES string of the molecule is CCOC(=O)CC(O)c1cc(OC(F)(F)F)ccc1Br. The molecule has 112 valence electrons. The molecule has 0 amide bonds. The lowest BCUT2D eigenvalue weighted by Crippen LogP contribution is -2.17. The molecule has 1 rings (SSSR count). The Kier molecular flexibility index (Phi) is 5.82. The van der Waals surface area contributed by atoms with Gasteiger partial charge in [0, 0.05) is 4.47 Å². The molecular weight excluding hydrogens is 345 g/mol. The van der Waals surface area contributed by atoms with Crippen LogP contribution >= 0.6 is 15.9 Å². The summed E-state index contributed by atoms with van der Waals surface area (Å²) in [6, 6.07) is 3.41. The molecule has 1 aromatic rings. The fourth-order valence-corrected chi connectivity index (χ4v) is 1.97. The van der Waals surface area contributed by atoms with Crippen molar-refractivity contribution in [3.63, 3.8) is 0 Å². The highest BCUT2D eigenvalue weighted by Gasteiger charge is 2.31. The zero-order chi connectivity index (χ0) is 15.3. The van der Waals surface area contributed by atoms with Crippen molar-refractivity contribution >= 4 is 21.9 Å². The maximum Gasteiger partial charge on any atom is 0.573 e. The number of aliphatic hydroxyl groups is 1. The van der Waals surface area contributed by atoms with Crippen LogP contribution in [0.4, 0.5) is 13.2 Å². The smallest absolute Gasteiger partial charge is 0.466 e. The summed E-state index contributed by atoms with van der Waals surface area (Å²) in [5, 5.41) is 9.85. The largest absolute Gasteiger partial charge is 0.573 e. The zero-order valence-electron chi connectivity index (χ0n) is 10.4. The number of carbonyl (C=O) groups excluding carboxylic acids is 1.